The van der Waals surface area contributed by atoms with Crippen molar-refractivity contribution < 1.29 is 28.7 Å². The van der Waals surface area contributed by atoms with Gasteiger partial charge in [-0.3, -0.25) is 39.1 Å². The molecule has 6 aliphatic rings. The Hall–Kier alpha value is -7.74. The summed E-state index contributed by atoms with van der Waals surface area (Å²) in [5.41, 5.74) is 9.10. The van der Waals surface area contributed by atoms with Crippen LogP contribution in [-0.2, 0) is 29.1 Å². The molecule has 0 spiro atoms. The van der Waals surface area contributed by atoms with E-state index >= 15 is 0 Å². The highest BCUT2D eigenvalue weighted by Gasteiger charge is 2.45. The number of aromatic nitrogens is 5. The minimum Gasteiger partial charge on any atom is -0.474 e. The molecule has 20 nitrogen and oxygen atoms in total. The predicted molar refractivity (Wildman–Crippen MR) is 250 cm³/mol. The van der Waals surface area contributed by atoms with Crippen LogP contribution in [0.2, 0.25) is 0 Å². The Labute approximate surface area is 391 Å². The fourth-order valence-electron chi connectivity index (χ4n) is 9.89. The third kappa shape index (κ3) is 8.24. The molecule has 3 saturated heterocycles. The third-order valence-electron chi connectivity index (χ3n) is 13.7. The molecule has 2 aromatic carbocycles. The van der Waals surface area contributed by atoms with Gasteiger partial charge < -0.3 is 35.0 Å². The van der Waals surface area contributed by atoms with Gasteiger partial charge in [0.25, 0.3) is 17.7 Å². The highest BCUT2D eigenvalue weighted by molar-refractivity contribution is 6.23. The number of pyridine rings is 1. The molecule has 3 aromatic heterocycles. The van der Waals surface area contributed by atoms with Crippen molar-refractivity contribution in [3.63, 3.8) is 0 Å². The molecule has 0 radical (unpaired) electrons. The normalized spacial score (nSPS) is 19.5. The van der Waals surface area contributed by atoms with Gasteiger partial charge >= 0.3 is 0 Å². The van der Waals surface area contributed by atoms with E-state index in [-0.39, 0.29) is 29.9 Å². The summed E-state index contributed by atoms with van der Waals surface area (Å²) in [6.45, 7) is 11.0. The number of nitrogens with one attached hydrogen (secondary N) is 3. The molecular formula is C48H50N14O6. The molecule has 6 aliphatic heterocycles. The van der Waals surface area contributed by atoms with Crippen molar-refractivity contribution in [2.45, 2.75) is 45.3 Å². The standard InChI is InChI=1S/C48H50N14O6/c1-29-39(26-50-43-41(29)49-11-21-68-43)61-12-10-31-23-51-47(55-37(31)28-61)54-33-4-2-30(3-5-33)27-57-13-15-60(16-14-57)48-52-24-32(25-53-48)44(65)59-19-17-58(18-20-59)34-6-7-35-36(22-34)46(67)62(45(35)66)38-8-9-40(63)56-42(38)64/h2-7,22-26,38,49H,8-21,27-28H2,1H3,(H,51,54,55)(H,56,63,64). The number of rotatable bonds is 9. The van der Waals surface area contributed by atoms with Crippen LogP contribution < -0.4 is 35.4 Å². The van der Waals surface area contributed by atoms with Crippen LogP contribution in [0, 0.1) is 6.92 Å². The van der Waals surface area contributed by atoms with Gasteiger partial charge in [-0.05, 0) is 61.2 Å². The number of imide groups is 2. The fourth-order valence-corrected chi connectivity index (χ4v) is 9.89. The van der Waals surface area contributed by atoms with E-state index in [2.05, 4.69) is 86.7 Å². The van der Waals surface area contributed by atoms with Crippen molar-refractivity contribution in [2.75, 3.05) is 97.4 Å². The Morgan fingerprint density at radius 1 is 0.794 bits per heavy atom. The SMILES string of the molecule is Cc1c(N2CCc3cnc(Nc4ccc(CN5CCN(c6ncc(C(=O)N7CCN(c8ccc9c(c8)C(=O)N(C8CCC(=O)NC8=O)C9=O)CC7)cn6)CC5)cc4)nc3C2)cnc2c1NCCO2. The van der Waals surface area contributed by atoms with Crippen LogP contribution in [0.4, 0.5) is 34.6 Å². The Balaban J connectivity index is 0.635. The number of piperazine rings is 2. The van der Waals surface area contributed by atoms with E-state index in [1.165, 1.54) is 5.56 Å². The summed E-state index contributed by atoms with van der Waals surface area (Å²) in [4.78, 5) is 99.1. The highest BCUT2D eigenvalue weighted by atomic mass is 16.5. The minimum absolute atomic E-state index is 0.0597. The molecule has 3 fully saturated rings. The molecule has 348 valence electrons. The molecule has 1 unspecified atom stereocenters. The smallest absolute Gasteiger partial charge is 0.262 e. The van der Waals surface area contributed by atoms with E-state index in [0.717, 1.165) is 96.7 Å². The lowest BCUT2D eigenvalue weighted by molar-refractivity contribution is -0.136. The van der Waals surface area contributed by atoms with E-state index < -0.39 is 29.7 Å². The van der Waals surface area contributed by atoms with Crippen LogP contribution in [0.3, 0.4) is 0 Å². The van der Waals surface area contributed by atoms with Gasteiger partial charge in [0.2, 0.25) is 29.6 Å². The second kappa shape index (κ2) is 17.8. The first kappa shape index (κ1) is 42.9. The Morgan fingerprint density at radius 3 is 2.34 bits per heavy atom. The lowest BCUT2D eigenvalue weighted by atomic mass is 10.0. The number of carbonyl (C=O) groups excluding carboxylic acids is 5. The molecular weight excluding hydrogens is 869 g/mol. The second-order valence-corrected chi connectivity index (χ2v) is 17.9. The molecule has 11 rings (SSSR count). The minimum atomic E-state index is -1.02. The Kier molecular flexibility index (Phi) is 11.2. The molecule has 3 N–H and O–H groups in total. The van der Waals surface area contributed by atoms with Gasteiger partial charge in [0.1, 0.15) is 18.3 Å². The average Bonchev–Trinajstić information content (AvgIpc) is 3.62. The van der Waals surface area contributed by atoms with Gasteiger partial charge in [0.15, 0.2) is 0 Å². The number of ether oxygens (including phenoxy) is 1. The molecule has 68 heavy (non-hydrogen) atoms. The van der Waals surface area contributed by atoms with Crippen molar-refractivity contribution in [2.24, 2.45) is 0 Å². The van der Waals surface area contributed by atoms with E-state index in [1.807, 2.05) is 12.4 Å². The quantitative estimate of drug-likeness (QED) is 0.181. The van der Waals surface area contributed by atoms with Crippen molar-refractivity contribution >= 4 is 64.2 Å². The summed E-state index contributed by atoms with van der Waals surface area (Å²) in [6, 6.07) is 12.4. The van der Waals surface area contributed by atoms with Gasteiger partial charge in [-0.2, -0.15) is 0 Å². The molecule has 20 heteroatoms. The molecule has 0 bridgehead atoms. The number of hydrogen-bond acceptors (Lipinski definition) is 17. The number of piperidine rings is 1. The maximum Gasteiger partial charge on any atom is 0.262 e. The zero-order chi connectivity index (χ0) is 46.5. The number of benzene rings is 2. The molecule has 9 heterocycles. The Bertz CT molecular complexity index is 2830. The summed E-state index contributed by atoms with van der Waals surface area (Å²) in [5.74, 6) is -0.474. The van der Waals surface area contributed by atoms with E-state index in [9.17, 15) is 24.0 Å². The van der Waals surface area contributed by atoms with Crippen molar-refractivity contribution in [3.8, 4) is 5.88 Å². The maximum absolute atomic E-state index is 13.5. The third-order valence-corrected chi connectivity index (χ3v) is 13.7. The lowest BCUT2D eigenvalue weighted by Gasteiger charge is -2.36. The van der Waals surface area contributed by atoms with Gasteiger partial charge in [-0.15, -0.1) is 0 Å². The van der Waals surface area contributed by atoms with E-state index in [1.54, 1.807) is 35.5 Å². The van der Waals surface area contributed by atoms with Crippen LogP contribution in [0.5, 0.6) is 5.88 Å². The first-order valence-electron chi connectivity index (χ1n) is 23.1. The zero-order valence-electron chi connectivity index (χ0n) is 37.6. The van der Waals surface area contributed by atoms with E-state index in [0.29, 0.717) is 62.7 Å². The maximum atomic E-state index is 13.5. The van der Waals surface area contributed by atoms with Crippen LogP contribution in [0.25, 0.3) is 0 Å². The number of hydrogen-bond donors (Lipinski definition) is 3. The van der Waals surface area contributed by atoms with Crippen molar-refractivity contribution in [1.29, 1.82) is 0 Å². The highest BCUT2D eigenvalue weighted by Crippen LogP contribution is 2.37. The van der Waals surface area contributed by atoms with Crippen LogP contribution in [-0.4, -0.2) is 147 Å². The summed E-state index contributed by atoms with van der Waals surface area (Å²) in [5, 5.41) is 9.06. The molecule has 5 amide bonds. The molecule has 5 aromatic rings. The summed E-state index contributed by atoms with van der Waals surface area (Å²) in [7, 11) is 0. The first-order chi connectivity index (χ1) is 33.1. The summed E-state index contributed by atoms with van der Waals surface area (Å²) in [6.07, 6.45) is 8.06. The van der Waals surface area contributed by atoms with Gasteiger partial charge in [-0.1, -0.05) is 12.1 Å². The lowest BCUT2D eigenvalue weighted by Crippen LogP contribution is -2.54. The summed E-state index contributed by atoms with van der Waals surface area (Å²) < 4.78 is 5.74. The monoisotopic (exact) mass is 918 g/mol. The van der Waals surface area contributed by atoms with Crippen LogP contribution in [0.1, 0.15) is 66.3 Å². The Morgan fingerprint density at radius 2 is 1.56 bits per heavy atom. The van der Waals surface area contributed by atoms with Gasteiger partial charge in [-0.25, -0.2) is 24.9 Å². The van der Waals surface area contributed by atoms with Crippen molar-refractivity contribution in [1.82, 2.24) is 44.9 Å². The fraction of sp³-hybridized carbons (Fsp3) is 0.375. The number of anilines is 6. The number of nitrogens with zero attached hydrogens (tertiary/aromatic N) is 11. The van der Waals surface area contributed by atoms with Gasteiger partial charge in [0.05, 0.1) is 40.8 Å². The number of fused-ring (bicyclic) bond motifs is 3. The second-order valence-electron chi connectivity index (χ2n) is 17.9. The van der Waals surface area contributed by atoms with Gasteiger partial charge in [0, 0.05) is 114 Å². The first-order valence-corrected chi connectivity index (χ1v) is 23.1. The molecule has 0 aliphatic carbocycles. The van der Waals surface area contributed by atoms with Crippen LogP contribution in [0.15, 0.2) is 67.3 Å². The molecule has 0 saturated carbocycles. The summed E-state index contributed by atoms with van der Waals surface area (Å²) >= 11 is 0. The average molecular weight is 919 g/mol. The van der Waals surface area contributed by atoms with E-state index in [4.69, 9.17) is 9.72 Å². The number of carbonyl (C=O) groups is 5. The largest absolute Gasteiger partial charge is 0.474 e. The zero-order valence-corrected chi connectivity index (χ0v) is 37.6. The molecule has 1 atom stereocenters. The van der Waals surface area contributed by atoms with Crippen LogP contribution >= 0.6 is 0 Å². The predicted octanol–water partition coefficient (Wildman–Crippen LogP) is 2.77. The number of amides is 5. The topological polar surface area (TPSA) is 215 Å². The van der Waals surface area contributed by atoms with Crippen molar-refractivity contribution in [3.05, 3.63) is 106 Å².